The molecule has 0 saturated carbocycles. The summed E-state index contributed by atoms with van der Waals surface area (Å²) in [4.78, 5) is 0. The van der Waals surface area contributed by atoms with Crippen LogP contribution >= 0.6 is 11.3 Å². The Balaban J connectivity index is 1.23. The van der Waals surface area contributed by atoms with E-state index >= 15 is 0 Å². The van der Waals surface area contributed by atoms with Gasteiger partial charge in [-0.05, 0) is 69.8 Å². The molecule has 1 heterocycles. The number of thiophene rings is 1. The van der Waals surface area contributed by atoms with Gasteiger partial charge in [0, 0.05) is 31.5 Å². The summed E-state index contributed by atoms with van der Waals surface area (Å²) in [6, 6.07) is 52.0. The van der Waals surface area contributed by atoms with E-state index in [9.17, 15) is 0 Å². The third-order valence-electron chi connectivity index (χ3n) is 7.07. The molecule has 6 aromatic carbocycles. The molecule has 7 rings (SSSR count). The molecule has 0 spiro atoms. The molecule has 38 heavy (non-hydrogen) atoms. The van der Waals surface area contributed by atoms with Crippen LogP contribution in [0.4, 0.5) is 11.4 Å². The van der Waals surface area contributed by atoms with Gasteiger partial charge in [0.1, 0.15) is 0 Å². The summed E-state index contributed by atoms with van der Waals surface area (Å²) in [5.74, 6) is 0. The van der Waals surface area contributed by atoms with E-state index in [2.05, 4.69) is 145 Å². The zero-order valence-corrected chi connectivity index (χ0v) is 21.6. The monoisotopic (exact) mass is 503 g/mol. The van der Waals surface area contributed by atoms with Gasteiger partial charge in [-0.15, -0.1) is 11.3 Å². The smallest absolute Gasteiger partial charge is 0.0390 e. The average Bonchev–Trinajstić information content (AvgIpc) is 3.37. The van der Waals surface area contributed by atoms with Gasteiger partial charge in [-0.2, -0.15) is 0 Å². The SMILES string of the molecule is c1ccc(-c2cccc(Nc3ccc(-c4ccccc4-c4cccc5sc6ccccc6c45)cc3)c2)cc1. The number of hydrogen-bond acceptors (Lipinski definition) is 2. The van der Waals surface area contributed by atoms with E-state index in [4.69, 9.17) is 0 Å². The van der Waals surface area contributed by atoms with Gasteiger partial charge < -0.3 is 5.32 Å². The van der Waals surface area contributed by atoms with Gasteiger partial charge in [0.25, 0.3) is 0 Å². The van der Waals surface area contributed by atoms with E-state index in [0.29, 0.717) is 0 Å². The van der Waals surface area contributed by atoms with Crippen LogP contribution in [0, 0.1) is 0 Å². The first-order chi connectivity index (χ1) is 18.8. The molecule has 0 aliphatic rings. The minimum atomic E-state index is 1.07. The van der Waals surface area contributed by atoms with Crippen LogP contribution in [0.2, 0.25) is 0 Å². The van der Waals surface area contributed by atoms with Gasteiger partial charge in [-0.25, -0.2) is 0 Å². The molecular formula is C36H25NS. The Bertz CT molecular complexity index is 1880. The lowest BCUT2D eigenvalue weighted by atomic mass is 9.92. The molecular weight excluding hydrogens is 478 g/mol. The van der Waals surface area contributed by atoms with E-state index in [1.165, 1.54) is 53.6 Å². The van der Waals surface area contributed by atoms with E-state index in [0.717, 1.165) is 11.4 Å². The van der Waals surface area contributed by atoms with Crippen molar-refractivity contribution in [2.75, 3.05) is 5.32 Å². The number of fused-ring (bicyclic) bond motifs is 3. The number of hydrogen-bond donors (Lipinski definition) is 1. The maximum absolute atomic E-state index is 3.58. The molecule has 0 bridgehead atoms. The first-order valence-electron chi connectivity index (χ1n) is 12.9. The fourth-order valence-electron chi connectivity index (χ4n) is 5.28. The Morgan fingerprint density at radius 1 is 0.395 bits per heavy atom. The topological polar surface area (TPSA) is 12.0 Å². The number of benzene rings is 6. The Hall–Kier alpha value is -4.66. The number of anilines is 2. The number of rotatable bonds is 5. The first-order valence-corrected chi connectivity index (χ1v) is 13.7. The highest BCUT2D eigenvalue weighted by Gasteiger charge is 2.14. The Kier molecular flexibility index (Phi) is 5.73. The van der Waals surface area contributed by atoms with Crippen LogP contribution in [0.15, 0.2) is 146 Å². The summed E-state index contributed by atoms with van der Waals surface area (Å²) < 4.78 is 2.66. The lowest BCUT2D eigenvalue weighted by Gasteiger charge is -2.13. The molecule has 7 aromatic rings. The fourth-order valence-corrected chi connectivity index (χ4v) is 6.41. The van der Waals surface area contributed by atoms with Gasteiger partial charge >= 0.3 is 0 Å². The average molecular weight is 504 g/mol. The molecule has 0 atom stereocenters. The van der Waals surface area contributed by atoms with Crippen molar-refractivity contribution in [3.05, 3.63) is 146 Å². The van der Waals surface area contributed by atoms with Crippen molar-refractivity contribution < 1.29 is 0 Å². The van der Waals surface area contributed by atoms with Gasteiger partial charge in [-0.3, -0.25) is 0 Å². The second kappa shape index (κ2) is 9.66. The minimum absolute atomic E-state index is 1.07. The molecule has 0 amide bonds. The summed E-state index contributed by atoms with van der Waals surface area (Å²) in [7, 11) is 0. The highest BCUT2D eigenvalue weighted by molar-refractivity contribution is 7.25. The van der Waals surface area contributed by atoms with Crippen molar-refractivity contribution in [3.63, 3.8) is 0 Å². The van der Waals surface area contributed by atoms with Crippen molar-refractivity contribution in [2.45, 2.75) is 0 Å². The molecule has 1 nitrogen and oxygen atoms in total. The van der Waals surface area contributed by atoms with Gasteiger partial charge in [0.2, 0.25) is 0 Å². The van der Waals surface area contributed by atoms with E-state index in [-0.39, 0.29) is 0 Å². The summed E-state index contributed by atoms with van der Waals surface area (Å²) in [5.41, 5.74) is 9.58. The molecule has 0 aliphatic heterocycles. The van der Waals surface area contributed by atoms with Gasteiger partial charge in [0.15, 0.2) is 0 Å². The van der Waals surface area contributed by atoms with E-state index in [1.54, 1.807) is 0 Å². The zero-order valence-electron chi connectivity index (χ0n) is 20.8. The maximum Gasteiger partial charge on any atom is 0.0390 e. The summed E-state index contributed by atoms with van der Waals surface area (Å²) in [5, 5.41) is 6.25. The first kappa shape index (κ1) is 22.5. The summed E-state index contributed by atoms with van der Waals surface area (Å²) >= 11 is 1.87. The van der Waals surface area contributed by atoms with E-state index in [1.807, 2.05) is 17.4 Å². The van der Waals surface area contributed by atoms with Crippen LogP contribution in [0.25, 0.3) is 53.6 Å². The predicted octanol–water partition coefficient (Wildman–Crippen LogP) is 10.8. The molecule has 1 N–H and O–H groups in total. The van der Waals surface area contributed by atoms with Crippen molar-refractivity contribution in [1.82, 2.24) is 0 Å². The third kappa shape index (κ3) is 4.15. The molecule has 180 valence electrons. The normalized spacial score (nSPS) is 11.2. The summed E-state index contributed by atoms with van der Waals surface area (Å²) in [6.07, 6.45) is 0. The standard InChI is InChI=1S/C36H25NS/c1-2-10-25(11-3-1)27-12-8-13-29(24-27)37-28-22-20-26(21-23-28)30-14-4-5-15-31(30)32-17-9-19-35-36(32)33-16-6-7-18-34(33)38-35/h1-24,37H. The maximum atomic E-state index is 3.58. The van der Waals surface area contributed by atoms with Crippen LogP contribution < -0.4 is 5.32 Å². The van der Waals surface area contributed by atoms with Gasteiger partial charge in [0.05, 0.1) is 0 Å². The van der Waals surface area contributed by atoms with Gasteiger partial charge in [-0.1, -0.05) is 109 Å². The van der Waals surface area contributed by atoms with E-state index < -0.39 is 0 Å². The fraction of sp³-hybridized carbons (Fsp3) is 0. The van der Waals surface area contributed by atoms with Crippen molar-refractivity contribution >= 4 is 42.9 Å². The van der Waals surface area contributed by atoms with Crippen LogP contribution in [0.3, 0.4) is 0 Å². The lowest BCUT2D eigenvalue weighted by molar-refractivity contribution is 1.53. The zero-order chi connectivity index (χ0) is 25.3. The second-order valence-electron chi connectivity index (χ2n) is 9.47. The van der Waals surface area contributed by atoms with Crippen molar-refractivity contribution in [3.8, 4) is 33.4 Å². The highest BCUT2D eigenvalue weighted by atomic mass is 32.1. The Morgan fingerprint density at radius 3 is 1.92 bits per heavy atom. The molecule has 0 unspecified atom stereocenters. The van der Waals surface area contributed by atoms with Crippen molar-refractivity contribution in [1.29, 1.82) is 0 Å². The van der Waals surface area contributed by atoms with Crippen LogP contribution in [0.5, 0.6) is 0 Å². The number of nitrogens with one attached hydrogen (secondary N) is 1. The lowest BCUT2D eigenvalue weighted by Crippen LogP contribution is -1.91. The third-order valence-corrected chi connectivity index (χ3v) is 8.21. The molecule has 0 radical (unpaired) electrons. The van der Waals surface area contributed by atoms with Crippen LogP contribution in [-0.2, 0) is 0 Å². The van der Waals surface area contributed by atoms with Crippen LogP contribution in [-0.4, -0.2) is 0 Å². The Morgan fingerprint density at radius 2 is 1.05 bits per heavy atom. The predicted molar refractivity (Wildman–Crippen MR) is 165 cm³/mol. The molecule has 0 saturated heterocycles. The minimum Gasteiger partial charge on any atom is -0.356 e. The highest BCUT2D eigenvalue weighted by Crippen LogP contribution is 2.42. The molecule has 1 aromatic heterocycles. The second-order valence-corrected chi connectivity index (χ2v) is 10.6. The molecule has 0 aliphatic carbocycles. The largest absolute Gasteiger partial charge is 0.356 e. The van der Waals surface area contributed by atoms with Crippen molar-refractivity contribution in [2.24, 2.45) is 0 Å². The summed E-state index contributed by atoms with van der Waals surface area (Å²) in [6.45, 7) is 0. The van der Waals surface area contributed by atoms with Crippen LogP contribution in [0.1, 0.15) is 0 Å². The quantitative estimate of drug-likeness (QED) is 0.246. The Labute approximate surface area is 226 Å². The molecule has 2 heteroatoms. The molecule has 0 fully saturated rings.